The largest absolute Gasteiger partial charge is 0.243 e. The molecule has 68 valence electrons. The summed E-state index contributed by atoms with van der Waals surface area (Å²) in [6.07, 6.45) is 0. The van der Waals surface area contributed by atoms with Crippen LogP contribution in [0, 0.1) is 0 Å². The van der Waals surface area contributed by atoms with Gasteiger partial charge in [-0.3, -0.25) is 0 Å². The molecule has 0 aromatic carbocycles. The normalized spacial score (nSPS) is 13.6. The van der Waals surface area contributed by atoms with Gasteiger partial charge >= 0.3 is 0 Å². The van der Waals surface area contributed by atoms with Gasteiger partial charge in [0.25, 0.3) is 0 Å². The molecule has 0 bridgehead atoms. The molecule has 2 nitrogen and oxygen atoms in total. The van der Waals surface area contributed by atoms with E-state index in [1.54, 1.807) is 11.3 Å². The Balaban J connectivity index is 2.37. The van der Waals surface area contributed by atoms with Crippen molar-refractivity contribution in [1.82, 2.24) is 4.72 Å². The first-order valence-corrected chi connectivity index (χ1v) is 6.10. The van der Waals surface area contributed by atoms with E-state index < -0.39 is 11.0 Å². The van der Waals surface area contributed by atoms with E-state index in [9.17, 15) is 4.21 Å². The fraction of sp³-hybridized carbons (Fsp3) is 0.500. The molecule has 1 atom stereocenters. The van der Waals surface area contributed by atoms with E-state index in [1.165, 1.54) is 0 Å². The SMILES string of the molecule is CC(C)NS(=O)Cc1ccsc1. The predicted octanol–water partition coefficient (Wildman–Crippen LogP) is 1.91. The Morgan fingerprint density at radius 2 is 2.42 bits per heavy atom. The second-order valence-electron chi connectivity index (χ2n) is 2.89. The number of nitrogens with one attached hydrogen (secondary N) is 1. The number of hydrogen-bond acceptors (Lipinski definition) is 2. The maximum Gasteiger partial charge on any atom is 0.0963 e. The monoisotopic (exact) mass is 203 g/mol. The molecule has 0 radical (unpaired) electrons. The third-order valence-electron chi connectivity index (χ3n) is 1.25. The van der Waals surface area contributed by atoms with Gasteiger partial charge in [-0.05, 0) is 36.2 Å². The lowest BCUT2D eigenvalue weighted by atomic mass is 10.4. The van der Waals surface area contributed by atoms with Crippen molar-refractivity contribution in [3.63, 3.8) is 0 Å². The first kappa shape index (κ1) is 9.89. The number of rotatable bonds is 4. The molecule has 1 aromatic heterocycles. The first-order chi connectivity index (χ1) is 5.68. The van der Waals surface area contributed by atoms with Crippen LogP contribution in [0.25, 0.3) is 0 Å². The van der Waals surface area contributed by atoms with Gasteiger partial charge in [-0.1, -0.05) is 0 Å². The molecule has 0 fully saturated rings. The average Bonchev–Trinajstić information content (AvgIpc) is 2.37. The summed E-state index contributed by atoms with van der Waals surface area (Å²) in [5.74, 6) is 0.613. The zero-order valence-electron chi connectivity index (χ0n) is 7.24. The smallest absolute Gasteiger partial charge is 0.0963 e. The van der Waals surface area contributed by atoms with Gasteiger partial charge in [-0.2, -0.15) is 11.3 Å². The zero-order valence-corrected chi connectivity index (χ0v) is 8.87. The van der Waals surface area contributed by atoms with E-state index >= 15 is 0 Å². The zero-order chi connectivity index (χ0) is 8.97. The van der Waals surface area contributed by atoms with Crippen LogP contribution in [0.5, 0.6) is 0 Å². The van der Waals surface area contributed by atoms with Crippen molar-refractivity contribution in [2.45, 2.75) is 25.6 Å². The quantitative estimate of drug-likeness (QED) is 0.795. The van der Waals surface area contributed by atoms with Crippen LogP contribution in [-0.2, 0) is 16.7 Å². The Hall–Kier alpha value is -0.190. The van der Waals surface area contributed by atoms with Crippen LogP contribution < -0.4 is 4.72 Å². The molecule has 1 unspecified atom stereocenters. The molecular weight excluding hydrogens is 190 g/mol. The minimum absolute atomic E-state index is 0.282. The lowest BCUT2D eigenvalue weighted by molar-refractivity contribution is 0.655. The molecule has 1 heterocycles. The van der Waals surface area contributed by atoms with Crippen molar-refractivity contribution >= 4 is 22.3 Å². The van der Waals surface area contributed by atoms with Crippen LogP contribution in [0.4, 0.5) is 0 Å². The van der Waals surface area contributed by atoms with Crippen LogP contribution >= 0.6 is 11.3 Å². The van der Waals surface area contributed by atoms with E-state index in [-0.39, 0.29) is 6.04 Å². The van der Waals surface area contributed by atoms with Gasteiger partial charge in [0.15, 0.2) is 0 Å². The van der Waals surface area contributed by atoms with Crippen LogP contribution in [0.15, 0.2) is 16.8 Å². The summed E-state index contributed by atoms with van der Waals surface area (Å²) >= 11 is 1.64. The third-order valence-corrected chi connectivity index (χ3v) is 3.31. The number of hydrogen-bond donors (Lipinski definition) is 1. The summed E-state index contributed by atoms with van der Waals surface area (Å²) in [4.78, 5) is 0. The molecule has 1 aromatic rings. The van der Waals surface area contributed by atoms with Crippen molar-refractivity contribution in [3.8, 4) is 0 Å². The molecule has 0 aliphatic heterocycles. The molecule has 1 rings (SSSR count). The van der Waals surface area contributed by atoms with E-state index in [2.05, 4.69) is 4.72 Å². The van der Waals surface area contributed by atoms with Crippen molar-refractivity contribution in [2.75, 3.05) is 0 Å². The van der Waals surface area contributed by atoms with Gasteiger partial charge in [-0.15, -0.1) is 0 Å². The molecule has 12 heavy (non-hydrogen) atoms. The standard InChI is InChI=1S/C8H13NOS2/c1-7(2)9-12(10)6-8-3-4-11-5-8/h3-5,7,9H,6H2,1-2H3. The van der Waals surface area contributed by atoms with Gasteiger partial charge in [0, 0.05) is 6.04 Å². The molecule has 1 N–H and O–H groups in total. The molecule has 0 saturated heterocycles. The van der Waals surface area contributed by atoms with Crippen molar-refractivity contribution in [1.29, 1.82) is 0 Å². The lowest BCUT2D eigenvalue weighted by Gasteiger charge is -2.05. The van der Waals surface area contributed by atoms with Crippen LogP contribution in [0.2, 0.25) is 0 Å². The van der Waals surface area contributed by atoms with E-state index in [0.29, 0.717) is 5.75 Å². The lowest BCUT2D eigenvalue weighted by Crippen LogP contribution is -2.25. The van der Waals surface area contributed by atoms with Gasteiger partial charge < -0.3 is 0 Å². The molecule has 0 spiro atoms. The van der Waals surface area contributed by atoms with Crippen LogP contribution in [0.1, 0.15) is 19.4 Å². The Kier molecular flexibility index (Phi) is 3.91. The van der Waals surface area contributed by atoms with Crippen molar-refractivity contribution in [3.05, 3.63) is 22.4 Å². The Labute approximate surface area is 79.6 Å². The van der Waals surface area contributed by atoms with E-state index in [1.807, 2.05) is 30.7 Å². The summed E-state index contributed by atoms with van der Waals surface area (Å²) in [7, 11) is -0.923. The summed E-state index contributed by atoms with van der Waals surface area (Å²) in [5.41, 5.74) is 1.14. The van der Waals surface area contributed by atoms with E-state index in [4.69, 9.17) is 0 Å². The highest BCUT2D eigenvalue weighted by Gasteiger charge is 2.02. The minimum atomic E-state index is -0.923. The van der Waals surface area contributed by atoms with Crippen LogP contribution in [0.3, 0.4) is 0 Å². The molecule has 0 amide bonds. The number of thiophene rings is 1. The van der Waals surface area contributed by atoms with Crippen LogP contribution in [-0.4, -0.2) is 10.3 Å². The minimum Gasteiger partial charge on any atom is -0.243 e. The fourth-order valence-electron chi connectivity index (χ4n) is 0.831. The molecule has 0 aliphatic carbocycles. The van der Waals surface area contributed by atoms with Gasteiger partial charge in [0.2, 0.25) is 0 Å². The average molecular weight is 203 g/mol. The third kappa shape index (κ3) is 3.47. The summed E-state index contributed by atoms with van der Waals surface area (Å²) in [5, 5.41) is 4.03. The van der Waals surface area contributed by atoms with Gasteiger partial charge in [0.05, 0.1) is 16.7 Å². The fourth-order valence-corrected chi connectivity index (χ4v) is 2.70. The Morgan fingerprint density at radius 3 is 2.92 bits per heavy atom. The van der Waals surface area contributed by atoms with Crippen molar-refractivity contribution in [2.24, 2.45) is 0 Å². The summed E-state index contributed by atoms with van der Waals surface area (Å²) in [6, 6.07) is 2.29. The highest BCUT2D eigenvalue weighted by molar-refractivity contribution is 7.82. The van der Waals surface area contributed by atoms with E-state index in [0.717, 1.165) is 5.56 Å². The first-order valence-electron chi connectivity index (χ1n) is 3.84. The molecule has 0 saturated carbocycles. The maximum absolute atomic E-state index is 11.3. The Morgan fingerprint density at radius 1 is 1.67 bits per heavy atom. The Bertz CT molecular complexity index is 244. The second-order valence-corrected chi connectivity index (χ2v) is 4.89. The topological polar surface area (TPSA) is 29.1 Å². The molecule has 0 aliphatic rings. The molecular formula is C8H13NOS2. The highest BCUT2D eigenvalue weighted by atomic mass is 32.2. The summed E-state index contributed by atoms with van der Waals surface area (Å²) in [6.45, 7) is 3.98. The summed E-state index contributed by atoms with van der Waals surface area (Å²) < 4.78 is 14.3. The van der Waals surface area contributed by atoms with Gasteiger partial charge in [-0.25, -0.2) is 8.93 Å². The maximum atomic E-state index is 11.3. The molecule has 4 heteroatoms. The highest BCUT2D eigenvalue weighted by Crippen LogP contribution is 2.07. The van der Waals surface area contributed by atoms with Gasteiger partial charge in [0.1, 0.15) is 0 Å². The predicted molar refractivity (Wildman–Crippen MR) is 54.4 cm³/mol. The second kappa shape index (κ2) is 4.74. The van der Waals surface area contributed by atoms with Crippen molar-refractivity contribution < 1.29 is 4.21 Å².